The smallest absolute Gasteiger partial charge is 0.246 e. The first-order chi connectivity index (χ1) is 20.4. The van der Waals surface area contributed by atoms with Crippen molar-refractivity contribution in [2.75, 3.05) is 19.6 Å². The highest BCUT2D eigenvalue weighted by Gasteiger charge is 2.41. The minimum atomic E-state index is -0.975. The maximum atomic E-state index is 13.7. The molecule has 0 bridgehead atoms. The summed E-state index contributed by atoms with van der Waals surface area (Å²) in [5.74, 6) is -2.35. The Balaban J connectivity index is 1.63. The van der Waals surface area contributed by atoms with Gasteiger partial charge in [-0.1, -0.05) is 56.3 Å². The number of nitrogens with zero attached hydrogens (tertiary/aromatic N) is 2. The first-order valence-corrected chi connectivity index (χ1v) is 14.4. The molecule has 12 heteroatoms. The van der Waals surface area contributed by atoms with Crippen molar-refractivity contribution >= 4 is 29.5 Å². The number of benzene rings is 2. The molecule has 5 amide bonds. The van der Waals surface area contributed by atoms with Crippen molar-refractivity contribution in [1.29, 1.82) is 0 Å². The van der Waals surface area contributed by atoms with Gasteiger partial charge >= 0.3 is 0 Å². The van der Waals surface area contributed by atoms with Crippen LogP contribution in [0.25, 0.3) is 0 Å². The molecule has 0 aromatic heterocycles. The predicted octanol–water partition coefficient (Wildman–Crippen LogP) is 0.0650. The average Bonchev–Trinajstić information content (AvgIpc) is 2.97. The molecule has 1 heterocycles. The lowest BCUT2D eigenvalue weighted by Crippen LogP contribution is -2.64. The zero-order chi connectivity index (χ0) is 31.7. The SMILES string of the molecule is CC(C)C[C@@H](C(N)=O)N1CCN(C(=O)CNC(=O)[C@@H](C)NC(=O)[C@@H](N)Cc2ccc(O)cc2)[C@@H](Cc2ccccc2)C1=O. The number of amides is 5. The molecular formula is C31H42N6O6. The zero-order valence-corrected chi connectivity index (χ0v) is 24.9. The van der Waals surface area contributed by atoms with E-state index in [4.69, 9.17) is 11.5 Å². The van der Waals surface area contributed by atoms with Crippen molar-refractivity contribution in [3.05, 3.63) is 65.7 Å². The van der Waals surface area contributed by atoms with Crippen LogP contribution in [0.4, 0.5) is 0 Å². The van der Waals surface area contributed by atoms with Gasteiger partial charge in [-0.25, -0.2) is 0 Å². The van der Waals surface area contributed by atoms with E-state index < -0.39 is 47.8 Å². The Bertz CT molecular complexity index is 1290. The summed E-state index contributed by atoms with van der Waals surface area (Å²) in [6.45, 7) is 5.27. The highest BCUT2D eigenvalue weighted by molar-refractivity contribution is 5.95. The first kappa shape index (κ1) is 33.1. The number of primary amides is 1. The molecule has 1 fully saturated rings. The number of rotatable bonds is 13. The van der Waals surface area contributed by atoms with Gasteiger partial charge in [-0.15, -0.1) is 0 Å². The van der Waals surface area contributed by atoms with Gasteiger partial charge in [0.25, 0.3) is 0 Å². The van der Waals surface area contributed by atoms with Gasteiger partial charge in [0.1, 0.15) is 23.9 Å². The molecule has 1 aliphatic rings. The number of nitrogens with one attached hydrogen (secondary N) is 2. The second-order valence-electron chi connectivity index (χ2n) is 11.3. The number of hydrogen-bond donors (Lipinski definition) is 5. The lowest BCUT2D eigenvalue weighted by atomic mass is 9.96. The van der Waals surface area contributed by atoms with E-state index in [9.17, 15) is 29.1 Å². The molecule has 12 nitrogen and oxygen atoms in total. The molecule has 2 aromatic rings. The van der Waals surface area contributed by atoms with Crippen LogP contribution in [0.5, 0.6) is 5.75 Å². The van der Waals surface area contributed by atoms with Crippen LogP contribution in [0.1, 0.15) is 38.3 Å². The van der Waals surface area contributed by atoms with Crippen LogP contribution in [-0.4, -0.2) is 88.2 Å². The standard InChI is InChI=1S/C31H42N6O6/c1-19(2)15-25(28(33)40)37-14-13-36(26(31(37)43)17-21-7-5-4-6-8-21)27(39)18-34-29(41)20(3)35-30(42)24(32)16-22-9-11-23(38)12-10-22/h4-12,19-20,24-26,38H,13-18,32H2,1-3H3,(H2,33,40)(H,34,41)(H,35,42)/t20-,24+,25+,26+/m1/s1. The van der Waals surface area contributed by atoms with E-state index in [-0.39, 0.29) is 50.1 Å². The zero-order valence-electron chi connectivity index (χ0n) is 24.9. The molecule has 43 heavy (non-hydrogen) atoms. The second-order valence-corrected chi connectivity index (χ2v) is 11.3. The van der Waals surface area contributed by atoms with E-state index in [2.05, 4.69) is 10.6 Å². The largest absolute Gasteiger partial charge is 0.508 e. The molecule has 0 radical (unpaired) electrons. The number of nitrogens with two attached hydrogens (primary N) is 2. The number of phenols is 1. The monoisotopic (exact) mass is 594 g/mol. The van der Waals surface area contributed by atoms with Crippen molar-refractivity contribution in [1.82, 2.24) is 20.4 Å². The van der Waals surface area contributed by atoms with Gasteiger partial charge < -0.3 is 37.0 Å². The molecule has 4 atom stereocenters. The summed E-state index contributed by atoms with van der Waals surface area (Å²) in [5, 5.41) is 14.5. The number of phenolic OH excluding ortho intramolecular Hbond substituents is 1. The van der Waals surface area contributed by atoms with E-state index in [0.29, 0.717) is 6.42 Å². The van der Waals surface area contributed by atoms with Gasteiger partial charge in [0.15, 0.2) is 0 Å². The quantitative estimate of drug-likeness (QED) is 0.217. The molecule has 232 valence electrons. The first-order valence-electron chi connectivity index (χ1n) is 14.4. The van der Waals surface area contributed by atoms with Gasteiger partial charge in [-0.3, -0.25) is 24.0 Å². The van der Waals surface area contributed by atoms with Gasteiger partial charge in [0, 0.05) is 19.5 Å². The van der Waals surface area contributed by atoms with Crippen LogP contribution in [0.2, 0.25) is 0 Å². The Morgan fingerprint density at radius 1 is 0.953 bits per heavy atom. The molecule has 0 saturated carbocycles. The summed E-state index contributed by atoms with van der Waals surface area (Å²) in [6.07, 6.45) is 0.843. The van der Waals surface area contributed by atoms with Crippen LogP contribution in [0.3, 0.4) is 0 Å². The normalized spacial score (nSPS) is 17.2. The van der Waals surface area contributed by atoms with Gasteiger partial charge in [-0.2, -0.15) is 0 Å². The third-order valence-electron chi connectivity index (χ3n) is 7.41. The minimum Gasteiger partial charge on any atom is -0.508 e. The Kier molecular flexibility index (Phi) is 11.6. The fourth-order valence-electron chi connectivity index (χ4n) is 5.07. The highest BCUT2D eigenvalue weighted by Crippen LogP contribution is 2.22. The molecule has 7 N–H and O–H groups in total. The lowest BCUT2D eigenvalue weighted by Gasteiger charge is -2.43. The molecule has 3 rings (SSSR count). The minimum absolute atomic E-state index is 0.0974. The van der Waals surface area contributed by atoms with Crippen molar-refractivity contribution in [3.8, 4) is 5.75 Å². The summed E-state index contributed by atoms with van der Waals surface area (Å²) in [4.78, 5) is 67.5. The summed E-state index contributed by atoms with van der Waals surface area (Å²) in [7, 11) is 0. The third-order valence-corrected chi connectivity index (χ3v) is 7.41. The Morgan fingerprint density at radius 3 is 2.21 bits per heavy atom. The topological polar surface area (TPSA) is 188 Å². The van der Waals surface area contributed by atoms with Crippen LogP contribution in [0.15, 0.2) is 54.6 Å². The number of carbonyl (C=O) groups is 5. The van der Waals surface area contributed by atoms with E-state index in [0.717, 1.165) is 11.1 Å². The predicted molar refractivity (Wildman–Crippen MR) is 160 cm³/mol. The fourth-order valence-corrected chi connectivity index (χ4v) is 5.07. The summed E-state index contributed by atoms with van der Waals surface area (Å²) >= 11 is 0. The molecule has 2 aromatic carbocycles. The molecule has 0 unspecified atom stereocenters. The Morgan fingerprint density at radius 2 is 1.60 bits per heavy atom. The maximum absolute atomic E-state index is 13.7. The maximum Gasteiger partial charge on any atom is 0.246 e. The van der Waals surface area contributed by atoms with Crippen molar-refractivity contribution in [2.24, 2.45) is 17.4 Å². The Labute approximate surface area is 251 Å². The number of aromatic hydroxyl groups is 1. The van der Waals surface area contributed by atoms with E-state index >= 15 is 0 Å². The van der Waals surface area contributed by atoms with E-state index in [1.54, 1.807) is 12.1 Å². The molecular weight excluding hydrogens is 552 g/mol. The molecule has 1 saturated heterocycles. The van der Waals surface area contributed by atoms with Gasteiger partial charge in [-0.05, 0) is 48.9 Å². The van der Waals surface area contributed by atoms with Crippen LogP contribution in [-0.2, 0) is 36.8 Å². The van der Waals surface area contributed by atoms with Crippen LogP contribution in [0, 0.1) is 5.92 Å². The summed E-state index contributed by atoms with van der Waals surface area (Å²) in [6, 6.07) is 11.9. The second kappa shape index (κ2) is 15.1. The summed E-state index contributed by atoms with van der Waals surface area (Å²) in [5.41, 5.74) is 13.2. The van der Waals surface area contributed by atoms with Crippen LogP contribution >= 0.6 is 0 Å². The average molecular weight is 595 g/mol. The van der Waals surface area contributed by atoms with Crippen molar-refractivity contribution in [2.45, 2.75) is 64.2 Å². The van der Waals surface area contributed by atoms with Gasteiger partial charge in [0.2, 0.25) is 29.5 Å². The number of piperazine rings is 1. The fraction of sp³-hybridized carbons (Fsp3) is 0.452. The van der Waals surface area contributed by atoms with Gasteiger partial charge in [0.05, 0.1) is 12.6 Å². The molecule has 0 spiro atoms. The molecule has 0 aliphatic carbocycles. The number of carbonyl (C=O) groups excluding carboxylic acids is 5. The third kappa shape index (κ3) is 9.27. The Hall–Kier alpha value is -4.45. The van der Waals surface area contributed by atoms with Crippen molar-refractivity contribution < 1.29 is 29.1 Å². The van der Waals surface area contributed by atoms with E-state index in [1.165, 1.54) is 28.9 Å². The summed E-state index contributed by atoms with van der Waals surface area (Å²) < 4.78 is 0. The lowest BCUT2D eigenvalue weighted by molar-refractivity contribution is -0.155. The van der Waals surface area contributed by atoms with E-state index in [1.807, 2.05) is 44.2 Å². The number of hydrogen-bond acceptors (Lipinski definition) is 7. The highest BCUT2D eigenvalue weighted by atomic mass is 16.3. The van der Waals surface area contributed by atoms with Crippen LogP contribution < -0.4 is 22.1 Å². The molecule has 1 aliphatic heterocycles. The van der Waals surface area contributed by atoms with Crippen molar-refractivity contribution in [3.63, 3.8) is 0 Å².